The van der Waals surface area contributed by atoms with Crippen molar-refractivity contribution in [2.45, 2.75) is 44.2 Å². The molecule has 0 saturated heterocycles. The predicted octanol–water partition coefficient (Wildman–Crippen LogP) is 6.10. The molecule has 0 aliphatic carbocycles. The molecule has 4 aromatic carbocycles. The Hall–Kier alpha value is -4.34. The fourth-order valence-corrected chi connectivity index (χ4v) is 6.45. The zero-order valence-corrected chi connectivity index (χ0v) is 27.0. The van der Waals surface area contributed by atoms with E-state index in [0.717, 1.165) is 15.4 Å². The molecule has 1 unspecified atom stereocenters. The Morgan fingerprint density at radius 3 is 2.09 bits per heavy atom. The molecule has 8 nitrogen and oxygen atoms in total. The summed E-state index contributed by atoms with van der Waals surface area (Å²) >= 11 is 6.14. The Balaban J connectivity index is 1.82. The molecule has 0 aliphatic heterocycles. The van der Waals surface area contributed by atoms with Crippen LogP contribution in [0.4, 0.5) is 5.69 Å². The molecular formula is C35H38ClN3O5S. The molecule has 0 heterocycles. The molecule has 1 N–H and O–H groups in total. The van der Waals surface area contributed by atoms with Crippen molar-refractivity contribution in [2.75, 3.05) is 24.0 Å². The lowest BCUT2D eigenvalue weighted by Crippen LogP contribution is -2.53. The first-order valence-corrected chi connectivity index (χ1v) is 16.7. The number of rotatable bonds is 15. The molecule has 0 fully saturated rings. The summed E-state index contributed by atoms with van der Waals surface area (Å²) in [6.07, 6.45) is 0.947. The van der Waals surface area contributed by atoms with Gasteiger partial charge >= 0.3 is 0 Å². The van der Waals surface area contributed by atoms with Crippen LogP contribution in [0.5, 0.6) is 5.75 Å². The first-order valence-electron chi connectivity index (χ1n) is 14.9. The van der Waals surface area contributed by atoms with E-state index in [9.17, 15) is 18.0 Å². The molecule has 4 rings (SSSR count). The summed E-state index contributed by atoms with van der Waals surface area (Å²) < 4.78 is 35.2. The third-order valence-electron chi connectivity index (χ3n) is 7.13. The van der Waals surface area contributed by atoms with E-state index < -0.39 is 28.5 Å². The standard InChI is InChI=1S/C35H38ClN3O5S/c1-3-23-37-35(41)32(24-27-13-7-5-8-14-27)38(25-28-19-21-29(36)22-20-28)34(40)26-39(31-17-11-12-18-33(31)44-4-2)45(42,43)30-15-9-6-10-16-30/h5-22,32H,3-4,23-26H2,1-2H3,(H,37,41). The number of nitrogens with zero attached hydrogens (tertiary/aromatic N) is 2. The van der Waals surface area contributed by atoms with Crippen molar-refractivity contribution in [3.63, 3.8) is 0 Å². The van der Waals surface area contributed by atoms with Gasteiger partial charge in [-0.25, -0.2) is 8.42 Å². The molecule has 45 heavy (non-hydrogen) atoms. The van der Waals surface area contributed by atoms with Crippen molar-refractivity contribution in [3.8, 4) is 5.75 Å². The number of carbonyl (C=O) groups excluding carboxylic acids is 2. The van der Waals surface area contributed by atoms with E-state index in [4.69, 9.17) is 16.3 Å². The number of sulfonamides is 1. The Morgan fingerprint density at radius 1 is 0.822 bits per heavy atom. The van der Waals surface area contributed by atoms with Gasteiger partial charge in [0, 0.05) is 24.5 Å². The fraction of sp³-hybridized carbons (Fsp3) is 0.257. The maximum atomic E-state index is 14.5. The second kappa shape index (κ2) is 16.1. The molecule has 0 spiro atoms. The molecule has 0 radical (unpaired) electrons. The van der Waals surface area contributed by atoms with Crippen molar-refractivity contribution in [3.05, 3.63) is 125 Å². The first kappa shape index (κ1) is 33.6. The highest BCUT2D eigenvalue weighted by molar-refractivity contribution is 7.92. The van der Waals surface area contributed by atoms with Crippen LogP contribution in [-0.2, 0) is 32.6 Å². The van der Waals surface area contributed by atoms with Gasteiger partial charge in [-0.05, 0) is 60.9 Å². The highest BCUT2D eigenvalue weighted by Gasteiger charge is 2.35. The molecule has 0 saturated carbocycles. The number of carbonyl (C=O) groups is 2. The van der Waals surface area contributed by atoms with E-state index in [1.165, 1.54) is 17.0 Å². The SMILES string of the molecule is CCCNC(=O)C(Cc1ccccc1)N(Cc1ccc(Cl)cc1)C(=O)CN(c1ccccc1OCC)S(=O)(=O)c1ccccc1. The number of halogens is 1. The molecule has 0 aliphatic rings. The Morgan fingerprint density at radius 2 is 1.44 bits per heavy atom. The highest BCUT2D eigenvalue weighted by atomic mass is 35.5. The molecule has 0 aromatic heterocycles. The van der Waals surface area contributed by atoms with Crippen LogP contribution in [0.1, 0.15) is 31.4 Å². The van der Waals surface area contributed by atoms with Gasteiger partial charge in [-0.2, -0.15) is 0 Å². The van der Waals surface area contributed by atoms with Crippen LogP contribution in [0.15, 0.2) is 114 Å². The lowest BCUT2D eigenvalue weighted by Gasteiger charge is -2.34. The number of anilines is 1. The maximum Gasteiger partial charge on any atom is 0.264 e. The molecule has 1 atom stereocenters. The average molecular weight is 648 g/mol. The minimum absolute atomic E-state index is 0.0230. The highest BCUT2D eigenvalue weighted by Crippen LogP contribution is 2.33. The van der Waals surface area contributed by atoms with Gasteiger partial charge in [0.25, 0.3) is 10.0 Å². The van der Waals surface area contributed by atoms with Gasteiger partial charge in [-0.3, -0.25) is 13.9 Å². The molecule has 236 valence electrons. The third kappa shape index (κ3) is 8.86. The lowest BCUT2D eigenvalue weighted by molar-refractivity contribution is -0.140. The molecular weight excluding hydrogens is 610 g/mol. The van der Waals surface area contributed by atoms with Crippen LogP contribution in [-0.4, -0.2) is 50.9 Å². The Kier molecular flexibility index (Phi) is 12.0. The number of amides is 2. The van der Waals surface area contributed by atoms with Crippen LogP contribution in [0.2, 0.25) is 5.02 Å². The fourth-order valence-electron chi connectivity index (χ4n) is 4.88. The first-order chi connectivity index (χ1) is 21.7. The summed E-state index contributed by atoms with van der Waals surface area (Å²) in [6.45, 7) is 3.97. The summed E-state index contributed by atoms with van der Waals surface area (Å²) in [4.78, 5) is 29.7. The number of para-hydroxylation sites is 2. The molecule has 2 amide bonds. The summed E-state index contributed by atoms with van der Waals surface area (Å²) in [7, 11) is -4.23. The monoisotopic (exact) mass is 647 g/mol. The number of hydrogen-bond acceptors (Lipinski definition) is 5. The summed E-state index contributed by atoms with van der Waals surface area (Å²) in [6, 6.07) is 30.2. The zero-order chi connectivity index (χ0) is 32.2. The van der Waals surface area contributed by atoms with Crippen molar-refractivity contribution in [1.82, 2.24) is 10.2 Å². The molecule has 10 heteroatoms. The van der Waals surface area contributed by atoms with Gasteiger partial charge in [-0.1, -0.05) is 91.3 Å². The van der Waals surface area contributed by atoms with Gasteiger partial charge in [-0.15, -0.1) is 0 Å². The second-order valence-electron chi connectivity index (χ2n) is 10.4. The van der Waals surface area contributed by atoms with Crippen molar-refractivity contribution in [2.24, 2.45) is 0 Å². The van der Waals surface area contributed by atoms with E-state index in [1.807, 2.05) is 37.3 Å². The van der Waals surface area contributed by atoms with Gasteiger partial charge in [0.2, 0.25) is 11.8 Å². The minimum Gasteiger partial charge on any atom is -0.492 e. The quantitative estimate of drug-likeness (QED) is 0.168. The third-order valence-corrected chi connectivity index (χ3v) is 9.16. The predicted molar refractivity (Wildman–Crippen MR) is 178 cm³/mol. The van der Waals surface area contributed by atoms with Gasteiger partial charge in [0.15, 0.2) is 0 Å². The van der Waals surface area contributed by atoms with E-state index in [2.05, 4.69) is 5.32 Å². The van der Waals surface area contributed by atoms with Gasteiger partial charge in [0.05, 0.1) is 17.2 Å². The van der Waals surface area contributed by atoms with Crippen LogP contribution in [0.25, 0.3) is 0 Å². The average Bonchev–Trinajstić information content (AvgIpc) is 3.06. The Labute approximate surface area is 270 Å². The zero-order valence-electron chi connectivity index (χ0n) is 25.4. The van der Waals surface area contributed by atoms with E-state index in [1.54, 1.807) is 73.7 Å². The van der Waals surface area contributed by atoms with Gasteiger partial charge < -0.3 is 15.0 Å². The minimum atomic E-state index is -4.23. The summed E-state index contributed by atoms with van der Waals surface area (Å²) in [5, 5.41) is 3.48. The summed E-state index contributed by atoms with van der Waals surface area (Å²) in [5.41, 5.74) is 1.82. The molecule has 0 bridgehead atoms. The van der Waals surface area contributed by atoms with Crippen molar-refractivity contribution < 1.29 is 22.7 Å². The van der Waals surface area contributed by atoms with Crippen LogP contribution in [0.3, 0.4) is 0 Å². The Bertz CT molecular complexity index is 1650. The van der Waals surface area contributed by atoms with Crippen LogP contribution >= 0.6 is 11.6 Å². The van der Waals surface area contributed by atoms with Crippen molar-refractivity contribution >= 4 is 39.1 Å². The van der Waals surface area contributed by atoms with Crippen LogP contribution in [0, 0.1) is 0 Å². The summed E-state index contributed by atoms with van der Waals surface area (Å²) in [5.74, 6) is -0.559. The van der Waals surface area contributed by atoms with E-state index in [0.29, 0.717) is 30.3 Å². The number of nitrogens with one attached hydrogen (secondary N) is 1. The van der Waals surface area contributed by atoms with Crippen molar-refractivity contribution in [1.29, 1.82) is 0 Å². The smallest absolute Gasteiger partial charge is 0.264 e. The van der Waals surface area contributed by atoms with E-state index >= 15 is 0 Å². The van der Waals surface area contributed by atoms with Gasteiger partial charge in [0.1, 0.15) is 18.3 Å². The number of benzene rings is 4. The van der Waals surface area contributed by atoms with E-state index in [-0.39, 0.29) is 29.5 Å². The lowest BCUT2D eigenvalue weighted by atomic mass is 10.0. The van der Waals surface area contributed by atoms with Crippen LogP contribution < -0.4 is 14.4 Å². The number of hydrogen-bond donors (Lipinski definition) is 1. The normalized spacial score (nSPS) is 11.8. The topological polar surface area (TPSA) is 96.0 Å². The second-order valence-corrected chi connectivity index (χ2v) is 12.7. The largest absolute Gasteiger partial charge is 0.492 e. The number of ether oxygens (including phenoxy) is 1. The maximum absolute atomic E-state index is 14.5. The molecule has 4 aromatic rings.